The molecular weight excluding hydrogens is 468 g/mol. The molecule has 33 heavy (non-hydrogen) atoms. The van der Waals surface area contributed by atoms with Crippen LogP contribution in [0.25, 0.3) is 11.7 Å². The van der Waals surface area contributed by atoms with E-state index in [-0.39, 0.29) is 34.9 Å². The van der Waals surface area contributed by atoms with Gasteiger partial charge in [0.2, 0.25) is 5.88 Å². The average molecular weight is 485 g/mol. The summed E-state index contributed by atoms with van der Waals surface area (Å²) in [5.74, 6) is -0.756. The van der Waals surface area contributed by atoms with Crippen molar-refractivity contribution in [2.24, 2.45) is 0 Å². The largest absolute Gasteiger partial charge is 0.438 e. The monoisotopic (exact) mass is 484 g/mol. The molecule has 3 aromatic rings. The Bertz CT molecular complexity index is 1470. The summed E-state index contributed by atoms with van der Waals surface area (Å²) >= 11 is 5.91. The van der Waals surface area contributed by atoms with Gasteiger partial charge in [-0.25, -0.2) is 8.42 Å². The Labute approximate surface area is 193 Å². The second-order valence-electron chi connectivity index (χ2n) is 7.36. The fraction of sp³-hybridized carbons (Fsp3) is 0.182. The maximum atomic E-state index is 13.2. The number of sulfone groups is 1. The van der Waals surface area contributed by atoms with Crippen LogP contribution in [0.5, 0.6) is 11.6 Å². The highest BCUT2D eigenvalue weighted by Crippen LogP contribution is 2.25. The maximum Gasteiger partial charge on any atom is 0.269 e. The van der Waals surface area contributed by atoms with Gasteiger partial charge in [-0.3, -0.25) is 14.0 Å². The number of halogens is 1. The lowest BCUT2D eigenvalue weighted by atomic mass is 10.1. The molecule has 0 aliphatic carbocycles. The molecular formula is C22H17ClN4O5S. The Kier molecular flexibility index (Phi) is 6.18. The molecule has 0 spiro atoms. The predicted octanol–water partition coefficient (Wildman–Crippen LogP) is 2.35. The molecule has 1 aromatic carbocycles. The van der Waals surface area contributed by atoms with Crippen LogP contribution in [-0.4, -0.2) is 41.3 Å². The number of rotatable bonds is 5. The lowest BCUT2D eigenvalue weighted by Gasteiger charge is -2.12. The maximum absolute atomic E-state index is 13.2. The van der Waals surface area contributed by atoms with Crippen molar-refractivity contribution >= 4 is 39.1 Å². The summed E-state index contributed by atoms with van der Waals surface area (Å²) in [7, 11) is -3.22. The Morgan fingerprint density at radius 3 is 2.70 bits per heavy atom. The molecule has 3 heterocycles. The van der Waals surface area contributed by atoms with Crippen molar-refractivity contribution < 1.29 is 17.9 Å². The summed E-state index contributed by atoms with van der Waals surface area (Å²) in [5.41, 5.74) is -0.731. The molecule has 0 unspecified atom stereocenters. The molecule has 1 amide bonds. The van der Waals surface area contributed by atoms with Gasteiger partial charge >= 0.3 is 0 Å². The second kappa shape index (κ2) is 9.05. The number of nitrogens with one attached hydrogen (secondary N) is 1. The lowest BCUT2D eigenvalue weighted by Crippen LogP contribution is -2.36. The molecule has 4 rings (SSSR count). The molecule has 1 aliphatic rings. The predicted molar refractivity (Wildman–Crippen MR) is 122 cm³/mol. The Hall–Kier alpha value is -3.68. The molecule has 11 heteroatoms. The number of hydrogen-bond acceptors (Lipinski definition) is 7. The minimum Gasteiger partial charge on any atom is -0.438 e. The number of nitrogens with zero attached hydrogens (tertiary/aromatic N) is 3. The fourth-order valence-electron chi connectivity index (χ4n) is 3.36. The second-order valence-corrected chi connectivity index (χ2v) is 10.0. The van der Waals surface area contributed by atoms with Crippen LogP contribution < -0.4 is 15.6 Å². The first kappa shape index (κ1) is 22.5. The summed E-state index contributed by atoms with van der Waals surface area (Å²) in [6.45, 7) is 0. The smallest absolute Gasteiger partial charge is 0.269 e. The molecule has 1 atom stereocenters. The molecule has 9 nitrogen and oxygen atoms in total. The Morgan fingerprint density at radius 1 is 1.27 bits per heavy atom. The van der Waals surface area contributed by atoms with E-state index in [4.69, 9.17) is 16.3 Å². The number of hydrogen-bond donors (Lipinski definition) is 1. The quantitative estimate of drug-likeness (QED) is 0.434. The van der Waals surface area contributed by atoms with Crippen molar-refractivity contribution in [1.82, 2.24) is 14.7 Å². The molecule has 1 N–H and O–H groups in total. The van der Waals surface area contributed by atoms with Gasteiger partial charge in [0, 0.05) is 17.3 Å². The zero-order chi connectivity index (χ0) is 23.6. The van der Waals surface area contributed by atoms with Gasteiger partial charge in [0.15, 0.2) is 9.84 Å². The number of pyridine rings is 1. The van der Waals surface area contributed by atoms with Gasteiger partial charge < -0.3 is 10.1 Å². The van der Waals surface area contributed by atoms with Gasteiger partial charge in [0.05, 0.1) is 11.5 Å². The molecule has 2 aromatic heterocycles. The van der Waals surface area contributed by atoms with E-state index >= 15 is 0 Å². The molecule has 1 fully saturated rings. The number of fused-ring (bicyclic) bond motifs is 1. The summed E-state index contributed by atoms with van der Waals surface area (Å²) in [5, 5.41) is 12.6. The Balaban J connectivity index is 1.75. The lowest BCUT2D eigenvalue weighted by molar-refractivity contribution is -0.117. The van der Waals surface area contributed by atoms with E-state index in [9.17, 15) is 23.3 Å². The first-order valence-electron chi connectivity index (χ1n) is 9.83. The van der Waals surface area contributed by atoms with Crippen LogP contribution >= 0.6 is 11.6 Å². The van der Waals surface area contributed by atoms with Crippen LogP contribution in [0.4, 0.5) is 0 Å². The third-order valence-corrected chi connectivity index (χ3v) is 7.00. The van der Waals surface area contributed by atoms with Crippen LogP contribution in [0.3, 0.4) is 0 Å². The zero-order valence-corrected chi connectivity index (χ0v) is 18.6. The summed E-state index contributed by atoms with van der Waals surface area (Å²) in [4.78, 5) is 30.2. The third kappa shape index (κ3) is 5.05. The Morgan fingerprint density at radius 2 is 2.03 bits per heavy atom. The van der Waals surface area contributed by atoms with E-state index in [1.807, 2.05) is 0 Å². The van der Waals surface area contributed by atoms with Crippen molar-refractivity contribution in [3.05, 3.63) is 75.2 Å². The van der Waals surface area contributed by atoms with Crippen LogP contribution in [0, 0.1) is 11.3 Å². The normalized spacial score (nSPS) is 17.5. The van der Waals surface area contributed by atoms with Crippen LogP contribution in [0.15, 0.2) is 59.0 Å². The molecule has 1 saturated heterocycles. The minimum atomic E-state index is -3.22. The van der Waals surface area contributed by atoms with Gasteiger partial charge in [-0.2, -0.15) is 10.2 Å². The van der Waals surface area contributed by atoms with Crippen molar-refractivity contribution in [3.63, 3.8) is 0 Å². The van der Waals surface area contributed by atoms with E-state index in [1.54, 1.807) is 48.5 Å². The number of carbonyl (C=O) groups excluding carboxylic acids is 1. The standard InChI is InChI=1S/C22H17ClN4O5S/c23-15-4-6-17(7-5-15)32-21-18(22(29)27-9-2-1-3-19(27)26-21)11-14(12-24)20(28)25-16-8-10-33(30,31)13-16/h1-7,9,11,16H,8,10,13H2,(H,25,28)/b14-11+/t16-/m0/s1. The molecule has 0 radical (unpaired) electrons. The SMILES string of the molecule is N#C/C(=C\c1c(Oc2ccc(Cl)cc2)nc2ccccn2c1=O)C(=O)N[C@H]1CCS(=O)(=O)C1. The summed E-state index contributed by atoms with van der Waals surface area (Å²) in [6.07, 6.45) is 2.86. The topological polar surface area (TPSA) is 131 Å². The van der Waals surface area contributed by atoms with Gasteiger partial charge in [0.1, 0.15) is 28.6 Å². The van der Waals surface area contributed by atoms with Crippen LogP contribution in [0.2, 0.25) is 5.02 Å². The van der Waals surface area contributed by atoms with Gasteiger partial charge in [-0.15, -0.1) is 0 Å². The minimum absolute atomic E-state index is 0.0292. The number of benzene rings is 1. The zero-order valence-electron chi connectivity index (χ0n) is 17.1. The van der Waals surface area contributed by atoms with Crippen molar-refractivity contribution in [3.8, 4) is 17.7 Å². The number of ether oxygens (including phenoxy) is 1. The van der Waals surface area contributed by atoms with Crippen molar-refractivity contribution in [2.75, 3.05) is 11.5 Å². The highest BCUT2D eigenvalue weighted by molar-refractivity contribution is 7.91. The first-order chi connectivity index (χ1) is 15.8. The number of aromatic nitrogens is 2. The number of amides is 1. The van der Waals surface area contributed by atoms with Gasteiger partial charge in [-0.05, 0) is 48.9 Å². The van der Waals surface area contributed by atoms with Crippen molar-refractivity contribution in [2.45, 2.75) is 12.5 Å². The van der Waals surface area contributed by atoms with Gasteiger partial charge in [-0.1, -0.05) is 17.7 Å². The summed E-state index contributed by atoms with van der Waals surface area (Å²) < 4.78 is 30.4. The van der Waals surface area contributed by atoms with E-state index in [2.05, 4.69) is 10.3 Å². The number of nitriles is 1. The van der Waals surface area contributed by atoms with E-state index in [1.165, 1.54) is 10.6 Å². The number of carbonyl (C=O) groups is 1. The molecule has 168 valence electrons. The first-order valence-corrected chi connectivity index (χ1v) is 12.0. The fourth-order valence-corrected chi connectivity index (χ4v) is 5.16. The average Bonchev–Trinajstić information content (AvgIpc) is 3.13. The van der Waals surface area contributed by atoms with E-state index < -0.39 is 27.3 Å². The molecule has 0 bridgehead atoms. The van der Waals surface area contributed by atoms with E-state index in [0.29, 0.717) is 16.4 Å². The van der Waals surface area contributed by atoms with Gasteiger partial charge in [0.25, 0.3) is 11.5 Å². The highest BCUT2D eigenvalue weighted by atomic mass is 35.5. The summed E-state index contributed by atoms with van der Waals surface area (Å²) in [6, 6.07) is 12.5. The third-order valence-electron chi connectivity index (χ3n) is 4.98. The molecule has 0 saturated carbocycles. The van der Waals surface area contributed by atoms with Crippen molar-refractivity contribution in [1.29, 1.82) is 5.26 Å². The van der Waals surface area contributed by atoms with Crippen LogP contribution in [-0.2, 0) is 14.6 Å². The highest BCUT2D eigenvalue weighted by Gasteiger charge is 2.29. The van der Waals surface area contributed by atoms with Crippen LogP contribution in [0.1, 0.15) is 12.0 Å². The van der Waals surface area contributed by atoms with E-state index in [0.717, 1.165) is 6.08 Å². The molecule has 1 aliphatic heterocycles.